The summed E-state index contributed by atoms with van der Waals surface area (Å²) in [7, 11) is 0. The molecule has 2 aromatic carbocycles. The van der Waals surface area contributed by atoms with E-state index in [1.807, 2.05) is 0 Å². The smallest absolute Gasteiger partial charge is 0.322 e. The lowest BCUT2D eigenvalue weighted by molar-refractivity contribution is -0.135. The van der Waals surface area contributed by atoms with E-state index in [9.17, 15) is 18.4 Å². The first-order chi connectivity index (χ1) is 14.7. The van der Waals surface area contributed by atoms with Gasteiger partial charge in [0, 0.05) is 28.6 Å². The Hall–Kier alpha value is -3.53. The van der Waals surface area contributed by atoms with E-state index in [4.69, 9.17) is 32.6 Å². The van der Waals surface area contributed by atoms with Gasteiger partial charge in [0.05, 0.1) is 17.3 Å². The van der Waals surface area contributed by atoms with Gasteiger partial charge in [-0.15, -0.1) is 0 Å². The Labute approximate surface area is 181 Å². The summed E-state index contributed by atoms with van der Waals surface area (Å²) in [4.78, 5) is 26.9. The Balaban J connectivity index is 2.13. The topological polar surface area (TPSA) is 138 Å². The van der Waals surface area contributed by atoms with Crippen LogP contribution in [-0.4, -0.2) is 55.0 Å². The number of benzene rings is 2. The number of carboxylic acids is 1. The van der Waals surface area contributed by atoms with E-state index < -0.39 is 31.5 Å². The van der Waals surface area contributed by atoms with Crippen molar-refractivity contribution in [1.29, 1.82) is 5.41 Å². The van der Waals surface area contributed by atoms with Gasteiger partial charge < -0.3 is 26.3 Å². The molecule has 0 aromatic heterocycles. The average Bonchev–Trinajstić information content (AvgIpc) is 2.72. The first kappa shape index (κ1) is 23.7. The predicted octanol–water partition coefficient (Wildman–Crippen LogP) is 2.87. The third-order valence-corrected chi connectivity index (χ3v) is 4.17. The second kappa shape index (κ2) is 11.0. The number of alkyl halides is 2. The molecule has 0 saturated carbocycles. The van der Waals surface area contributed by atoms with Gasteiger partial charge in [-0.3, -0.25) is 14.6 Å². The van der Waals surface area contributed by atoms with Gasteiger partial charge in [-0.2, -0.15) is 0 Å². The fourth-order valence-corrected chi connectivity index (χ4v) is 2.70. The fourth-order valence-electron chi connectivity index (χ4n) is 2.48. The van der Waals surface area contributed by atoms with E-state index in [1.54, 1.807) is 18.2 Å². The van der Waals surface area contributed by atoms with Crippen LogP contribution in [-0.2, 0) is 4.79 Å². The highest BCUT2D eigenvalue weighted by Crippen LogP contribution is 2.29. The maximum atomic E-state index is 12.4. The van der Waals surface area contributed by atoms with Crippen molar-refractivity contribution in [1.82, 2.24) is 5.32 Å². The van der Waals surface area contributed by atoms with Crippen molar-refractivity contribution in [2.24, 2.45) is 4.99 Å². The van der Waals surface area contributed by atoms with Gasteiger partial charge in [0.1, 0.15) is 18.9 Å². The van der Waals surface area contributed by atoms with E-state index in [0.717, 1.165) is 0 Å². The average molecular weight is 453 g/mol. The molecule has 2 rings (SSSR count). The van der Waals surface area contributed by atoms with Crippen LogP contribution in [0.25, 0.3) is 0 Å². The van der Waals surface area contributed by atoms with Crippen LogP contribution in [0.15, 0.2) is 41.4 Å². The minimum absolute atomic E-state index is 0.000895. The highest BCUT2D eigenvalue weighted by Gasteiger charge is 2.15. The quantitative estimate of drug-likeness (QED) is 0.324. The van der Waals surface area contributed by atoms with Crippen molar-refractivity contribution in [3.8, 4) is 5.75 Å². The Morgan fingerprint density at radius 3 is 2.61 bits per heavy atom. The van der Waals surface area contributed by atoms with Crippen molar-refractivity contribution >= 4 is 41.1 Å². The number of carbonyl (C=O) groups is 2. The molecular weight excluding hydrogens is 434 g/mol. The number of ether oxygens (including phenoxy) is 1. The molecule has 0 atom stereocenters. The van der Waals surface area contributed by atoms with Crippen LogP contribution < -0.4 is 15.8 Å². The number of nitrogen functional groups attached to an aromatic ring is 1. The van der Waals surface area contributed by atoms with Crippen LogP contribution in [0.4, 0.5) is 14.5 Å². The minimum atomic E-state index is -2.67. The van der Waals surface area contributed by atoms with Crippen molar-refractivity contribution in [2.45, 2.75) is 6.43 Å². The first-order valence-corrected chi connectivity index (χ1v) is 9.23. The van der Waals surface area contributed by atoms with E-state index in [1.165, 1.54) is 24.4 Å². The largest absolute Gasteiger partial charge is 0.486 e. The Morgan fingerprint density at radius 1 is 1.29 bits per heavy atom. The van der Waals surface area contributed by atoms with Crippen molar-refractivity contribution < 1.29 is 28.2 Å². The Bertz CT molecular complexity index is 1010. The third kappa shape index (κ3) is 7.03. The number of anilines is 1. The summed E-state index contributed by atoms with van der Waals surface area (Å²) in [6.07, 6.45) is -1.33. The summed E-state index contributed by atoms with van der Waals surface area (Å²) in [5, 5.41) is 19.2. The molecule has 0 fully saturated rings. The maximum absolute atomic E-state index is 12.4. The van der Waals surface area contributed by atoms with Crippen LogP contribution in [0.2, 0.25) is 5.02 Å². The zero-order chi connectivity index (χ0) is 23.0. The number of hydrogen-bond acceptors (Lipinski definition) is 6. The lowest BCUT2D eigenvalue weighted by Crippen LogP contribution is -2.30. The number of amides is 1. The lowest BCUT2D eigenvalue weighted by atomic mass is 10.0. The van der Waals surface area contributed by atoms with Crippen molar-refractivity contribution in [3.63, 3.8) is 0 Å². The summed E-state index contributed by atoms with van der Waals surface area (Å²) >= 11 is 5.94. The first-order valence-electron chi connectivity index (χ1n) is 8.85. The monoisotopic (exact) mass is 452 g/mol. The summed E-state index contributed by atoms with van der Waals surface area (Å²) in [5.74, 6) is -1.80. The molecule has 11 heteroatoms. The van der Waals surface area contributed by atoms with Gasteiger partial charge >= 0.3 is 5.97 Å². The molecular formula is C20H19ClF2N4O4. The second-order valence-electron chi connectivity index (χ2n) is 6.18. The van der Waals surface area contributed by atoms with Crippen molar-refractivity contribution in [2.75, 3.05) is 25.4 Å². The number of aliphatic carboxylic acids is 1. The molecule has 0 radical (unpaired) electrons. The van der Waals surface area contributed by atoms with E-state index in [2.05, 4.69) is 10.3 Å². The van der Waals surface area contributed by atoms with Crippen LogP contribution in [0.5, 0.6) is 5.75 Å². The van der Waals surface area contributed by atoms with Crippen LogP contribution >= 0.6 is 11.6 Å². The van der Waals surface area contributed by atoms with Crippen molar-refractivity contribution in [3.05, 3.63) is 58.1 Å². The molecule has 0 heterocycles. The summed E-state index contributed by atoms with van der Waals surface area (Å²) in [6, 6.07) is 8.93. The molecule has 0 spiro atoms. The van der Waals surface area contributed by atoms with Gasteiger partial charge in [-0.25, -0.2) is 8.78 Å². The van der Waals surface area contributed by atoms with E-state index in [-0.39, 0.29) is 39.8 Å². The molecule has 164 valence electrons. The number of hydrogen-bond donors (Lipinski definition) is 4. The number of rotatable bonds is 10. The van der Waals surface area contributed by atoms with Gasteiger partial charge in [0.2, 0.25) is 0 Å². The number of halogens is 3. The molecule has 0 bridgehead atoms. The van der Waals surface area contributed by atoms with Crippen LogP contribution in [0.3, 0.4) is 0 Å². The van der Waals surface area contributed by atoms with Crippen LogP contribution in [0, 0.1) is 5.41 Å². The highest BCUT2D eigenvalue weighted by atomic mass is 35.5. The number of nitrogens with two attached hydrogens (primary N) is 1. The molecule has 0 saturated heterocycles. The van der Waals surface area contributed by atoms with E-state index in [0.29, 0.717) is 5.56 Å². The normalized spacial score (nSPS) is 11.0. The van der Waals surface area contributed by atoms with Gasteiger partial charge in [-0.1, -0.05) is 29.8 Å². The zero-order valence-electron chi connectivity index (χ0n) is 16.1. The molecule has 31 heavy (non-hydrogen) atoms. The number of nitrogens with one attached hydrogen (secondary N) is 2. The molecule has 2 aromatic rings. The molecule has 0 aliphatic carbocycles. The van der Waals surface area contributed by atoms with Gasteiger partial charge in [-0.05, 0) is 18.2 Å². The van der Waals surface area contributed by atoms with Crippen LogP contribution in [0.1, 0.15) is 21.5 Å². The molecule has 5 N–H and O–H groups in total. The fraction of sp³-hybridized carbons (Fsp3) is 0.200. The minimum Gasteiger partial charge on any atom is -0.486 e. The number of nitrogens with zero attached hydrogens (tertiary/aromatic N) is 1. The summed E-state index contributed by atoms with van der Waals surface area (Å²) < 4.78 is 29.7. The third-order valence-electron chi connectivity index (χ3n) is 3.88. The van der Waals surface area contributed by atoms with E-state index >= 15 is 0 Å². The summed E-state index contributed by atoms with van der Waals surface area (Å²) in [6.45, 7) is -1.51. The molecule has 0 aliphatic heterocycles. The van der Waals surface area contributed by atoms with Gasteiger partial charge in [0.15, 0.2) is 0 Å². The standard InChI is InChI=1S/C20H19ClF2N4O4/c21-14-6-15(24)11(5-17(14)31-10-18(22)23)7-26-8-16(25)12-3-1-2-4-13(12)20(30)27-9-19(28)29/h1-7,18,25H,8-10,24H2,(H,27,30)(H,28,29). The molecule has 8 nitrogen and oxygen atoms in total. The van der Waals surface area contributed by atoms with Gasteiger partial charge in [0.25, 0.3) is 12.3 Å². The second-order valence-corrected chi connectivity index (χ2v) is 6.59. The molecule has 1 amide bonds. The lowest BCUT2D eigenvalue weighted by Gasteiger charge is -2.10. The number of carbonyl (C=O) groups excluding carboxylic acids is 1. The molecule has 0 unspecified atom stereocenters. The summed E-state index contributed by atoms with van der Waals surface area (Å²) in [5.41, 5.74) is 6.87. The molecule has 0 aliphatic rings. The predicted molar refractivity (Wildman–Crippen MR) is 113 cm³/mol. The number of carboxylic acid groups (broad SMARTS) is 1. The Kier molecular flexibility index (Phi) is 8.44. The number of aliphatic imine (C=N–C) groups is 1. The maximum Gasteiger partial charge on any atom is 0.322 e. The highest BCUT2D eigenvalue weighted by molar-refractivity contribution is 6.32. The Morgan fingerprint density at radius 2 is 1.97 bits per heavy atom. The SMILES string of the molecule is N=C(CN=Cc1cc(OCC(F)F)c(Cl)cc1N)c1ccccc1C(=O)NCC(=O)O. The zero-order valence-corrected chi connectivity index (χ0v) is 16.8.